The Bertz CT molecular complexity index is 579. The molecular formula is C17H19NOS. The van der Waals surface area contributed by atoms with E-state index in [1.807, 2.05) is 37.3 Å². The molecule has 3 heteroatoms. The van der Waals surface area contributed by atoms with Gasteiger partial charge in [-0.15, -0.1) is 11.3 Å². The topological polar surface area (TPSA) is 29.1 Å². The summed E-state index contributed by atoms with van der Waals surface area (Å²) in [5.74, 6) is 0.0563. The van der Waals surface area contributed by atoms with Crippen LogP contribution < -0.4 is 5.32 Å². The summed E-state index contributed by atoms with van der Waals surface area (Å²) >= 11 is 1.67. The summed E-state index contributed by atoms with van der Waals surface area (Å²) in [7, 11) is 0. The second-order valence-electron chi connectivity index (χ2n) is 5.37. The summed E-state index contributed by atoms with van der Waals surface area (Å²) in [4.78, 5) is 14.6. The molecule has 1 aromatic heterocycles. The molecule has 0 radical (unpaired) electrons. The van der Waals surface area contributed by atoms with E-state index in [0.717, 1.165) is 23.3 Å². The predicted molar refractivity (Wildman–Crippen MR) is 83.3 cm³/mol. The van der Waals surface area contributed by atoms with E-state index >= 15 is 0 Å². The minimum absolute atomic E-state index is 0.0443. The molecular weight excluding hydrogens is 266 g/mol. The van der Waals surface area contributed by atoms with Gasteiger partial charge in [0.05, 0.1) is 10.9 Å². The van der Waals surface area contributed by atoms with Gasteiger partial charge in [-0.1, -0.05) is 30.3 Å². The van der Waals surface area contributed by atoms with E-state index < -0.39 is 0 Å². The molecule has 1 N–H and O–H groups in total. The van der Waals surface area contributed by atoms with Gasteiger partial charge >= 0.3 is 0 Å². The van der Waals surface area contributed by atoms with Crippen LogP contribution in [0.4, 0.5) is 0 Å². The Labute approximate surface area is 123 Å². The molecule has 2 nitrogen and oxygen atoms in total. The van der Waals surface area contributed by atoms with Crippen LogP contribution in [0, 0.1) is 0 Å². The Kier molecular flexibility index (Phi) is 3.88. The molecule has 0 saturated carbocycles. The zero-order chi connectivity index (χ0) is 13.9. The first-order valence-corrected chi connectivity index (χ1v) is 8.03. The first kappa shape index (κ1) is 13.4. The minimum atomic E-state index is 0.0443. The summed E-state index contributed by atoms with van der Waals surface area (Å²) in [6.45, 7) is 2.03. The number of thiophene rings is 1. The maximum Gasteiger partial charge on any atom is 0.261 e. The van der Waals surface area contributed by atoms with Crippen LogP contribution in [-0.2, 0) is 12.8 Å². The van der Waals surface area contributed by atoms with E-state index in [2.05, 4.69) is 11.4 Å². The molecule has 1 atom stereocenters. The van der Waals surface area contributed by atoms with Crippen LogP contribution in [0.1, 0.15) is 51.5 Å². The largest absolute Gasteiger partial charge is 0.345 e. The van der Waals surface area contributed by atoms with Crippen LogP contribution in [0.5, 0.6) is 0 Å². The van der Waals surface area contributed by atoms with Gasteiger partial charge in [0, 0.05) is 4.88 Å². The Morgan fingerprint density at radius 2 is 1.95 bits per heavy atom. The fourth-order valence-corrected chi connectivity index (χ4v) is 3.85. The van der Waals surface area contributed by atoms with Crippen molar-refractivity contribution in [2.45, 2.75) is 38.6 Å². The van der Waals surface area contributed by atoms with Crippen molar-refractivity contribution in [3.05, 3.63) is 57.3 Å². The number of rotatable bonds is 3. The first-order chi connectivity index (χ1) is 9.74. The van der Waals surface area contributed by atoms with Gasteiger partial charge in [-0.05, 0) is 49.8 Å². The lowest BCUT2D eigenvalue weighted by atomic mass is 9.99. The molecule has 1 heterocycles. The summed E-state index contributed by atoms with van der Waals surface area (Å²) in [6, 6.07) is 12.2. The van der Waals surface area contributed by atoms with Crippen LogP contribution in [0.3, 0.4) is 0 Å². The van der Waals surface area contributed by atoms with E-state index in [1.54, 1.807) is 11.3 Å². The maximum absolute atomic E-state index is 12.3. The molecule has 2 aromatic rings. The van der Waals surface area contributed by atoms with Crippen LogP contribution in [0.2, 0.25) is 0 Å². The third kappa shape index (κ3) is 2.78. The highest BCUT2D eigenvalue weighted by atomic mass is 32.1. The Balaban J connectivity index is 1.71. The molecule has 104 valence electrons. The van der Waals surface area contributed by atoms with Gasteiger partial charge in [0.25, 0.3) is 5.91 Å². The van der Waals surface area contributed by atoms with E-state index in [4.69, 9.17) is 0 Å². The Morgan fingerprint density at radius 1 is 1.20 bits per heavy atom. The zero-order valence-electron chi connectivity index (χ0n) is 11.7. The molecule has 0 unspecified atom stereocenters. The van der Waals surface area contributed by atoms with Crippen LogP contribution in [0.15, 0.2) is 36.4 Å². The van der Waals surface area contributed by atoms with Crippen LogP contribution in [0.25, 0.3) is 0 Å². The summed E-state index contributed by atoms with van der Waals surface area (Å²) in [5.41, 5.74) is 2.53. The van der Waals surface area contributed by atoms with Gasteiger partial charge in [-0.25, -0.2) is 0 Å². The highest BCUT2D eigenvalue weighted by Crippen LogP contribution is 2.29. The third-order valence-electron chi connectivity index (χ3n) is 3.87. The summed E-state index contributed by atoms with van der Waals surface area (Å²) < 4.78 is 0. The number of hydrogen-bond acceptors (Lipinski definition) is 2. The average Bonchev–Trinajstić information content (AvgIpc) is 2.92. The van der Waals surface area contributed by atoms with Crippen molar-refractivity contribution in [2.24, 2.45) is 0 Å². The van der Waals surface area contributed by atoms with Crippen molar-refractivity contribution < 1.29 is 4.79 Å². The van der Waals surface area contributed by atoms with Gasteiger partial charge in [0.2, 0.25) is 0 Å². The number of nitrogens with one attached hydrogen (secondary N) is 1. The minimum Gasteiger partial charge on any atom is -0.345 e. The first-order valence-electron chi connectivity index (χ1n) is 7.21. The lowest BCUT2D eigenvalue weighted by Gasteiger charge is -2.13. The quantitative estimate of drug-likeness (QED) is 0.903. The molecule has 0 saturated heterocycles. The fourth-order valence-electron chi connectivity index (χ4n) is 2.70. The molecule has 1 aromatic carbocycles. The van der Waals surface area contributed by atoms with Crippen molar-refractivity contribution in [2.75, 3.05) is 0 Å². The monoisotopic (exact) mass is 285 g/mol. The highest BCUT2D eigenvalue weighted by molar-refractivity contribution is 7.14. The van der Waals surface area contributed by atoms with Crippen molar-refractivity contribution >= 4 is 17.2 Å². The predicted octanol–water partition coefficient (Wildman–Crippen LogP) is 4.12. The SMILES string of the molecule is C[C@H](NC(=O)c1cc2c(s1)CCCC2)c1ccccc1. The smallest absolute Gasteiger partial charge is 0.261 e. The molecule has 1 amide bonds. The van der Waals surface area contributed by atoms with Crippen LogP contribution >= 0.6 is 11.3 Å². The van der Waals surface area contributed by atoms with Gasteiger partial charge in [-0.3, -0.25) is 4.79 Å². The zero-order valence-corrected chi connectivity index (χ0v) is 12.5. The van der Waals surface area contributed by atoms with E-state index in [9.17, 15) is 4.79 Å². The maximum atomic E-state index is 12.3. The number of carbonyl (C=O) groups is 1. The molecule has 1 aliphatic rings. The number of aryl methyl sites for hydroxylation is 2. The van der Waals surface area contributed by atoms with Crippen molar-refractivity contribution in [3.8, 4) is 0 Å². The number of fused-ring (bicyclic) bond motifs is 1. The van der Waals surface area contributed by atoms with E-state index in [-0.39, 0.29) is 11.9 Å². The van der Waals surface area contributed by atoms with Crippen molar-refractivity contribution in [1.82, 2.24) is 5.32 Å². The second kappa shape index (κ2) is 5.80. The average molecular weight is 285 g/mol. The molecule has 0 fully saturated rings. The van der Waals surface area contributed by atoms with Crippen molar-refractivity contribution in [1.29, 1.82) is 0 Å². The lowest BCUT2D eigenvalue weighted by Crippen LogP contribution is -2.25. The fraction of sp³-hybridized carbons (Fsp3) is 0.353. The number of amides is 1. The molecule has 3 rings (SSSR count). The van der Waals surface area contributed by atoms with Crippen molar-refractivity contribution in [3.63, 3.8) is 0 Å². The lowest BCUT2D eigenvalue weighted by molar-refractivity contribution is 0.0944. The molecule has 20 heavy (non-hydrogen) atoms. The number of carbonyl (C=O) groups excluding carboxylic acids is 1. The normalized spacial score (nSPS) is 15.4. The van der Waals surface area contributed by atoms with Gasteiger partial charge in [0.1, 0.15) is 0 Å². The standard InChI is InChI=1S/C17H19NOS/c1-12(13-7-3-2-4-8-13)18-17(19)16-11-14-9-5-6-10-15(14)20-16/h2-4,7-8,11-12H,5-6,9-10H2,1H3,(H,18,19)/t12-/m0/s1. The number of hydrogen-bond donors (Lipinski definition) is 1. The molecule has 1 aliphatic carbocycles. The van der Waals surface area contributed by atoms with E-state index in [1.165, 1.54) is 23.3 Å². The second-order valence-corrected chi connectivity index (χ2v) is 6.51. The van der Waals surface area contributed by atoms with Crippen LogP contribution in [-0.4, -0.2) is 5.91 Å². The molecule has 0 aliphatic heterocycles. The van der Waals surface area contributed by atoms with Gasteiger partial charge in [0.15, 0.2) is 0 Å². The van der Waals surface area contributed by atoms with Gasteiger partial charge in [-0.2, -0.15) is 0 Å². The van der Waals surface area contributed by atoms with Gasteiger partial charge < -0.3 is 5.32 Å². The Morgan fingerprint density at radius 3 is 2.70 bits per heavy atom. The third-order valence-corrected chi connectivity index (χ3v) is 5.10. The highest BCUT2D eigenvalue weighted by Gasteiger charge is 2.18. The summed E-state index contributed by atoms with van der Waals surface area (Å²) in [5, 5.41) is 3.09. The Hall–Kier alpha value is -1.61. The number of benzene rings is 1. The molecule has 0 bridgehead atoms. The van der Waals surface area contributed by atoms with E-state index in [0.29, 0.717) is 0 Å². The summed E-state index contributed by atoms with van der Waals surface area (Å²) in [6.07, 6.45) is 4.79. The molecule has 0 spiro atoms.